The lowest BCUT2D eigenvalue weighted by atomic mass is 9.80. The summed E-state index contributed by atoms with van der Waals surface area (Å²) >= 11 is 1.31. The van der Waals surface area contributed by atoms with Crippen LogP contribution >= 0.6 is 11.3 Å². The molecular formula is C46H49F3N5O8S+. The van der Waals surface area contributed by atoms with Crippen LogP contribution in [0.15, 0.2) is 83.7 Å². The highest BCUT2D eigenvalue weighted by Gasteiger charge is 3.21. The molecule has 0 radical (unpaired) electrons. The number of ether oxygens (including phenoxy) is 2. The number of unbranched alkanes of at least 4 members (excludes halogenated alkanes) is 1. The second-order valence-electron chi connectivity index (χ2n) is 17.9. The second kappa shape index (κ2) is 15.5. The van der Waals surface area contributed by atoms with Crippen molar-refractivity contribution in [2.45, 2.75) is 109 Å². The number of piperidine rings is 1. The van der Waals surface area contributed by atoms with Gasteiger partial charge in [0.1, 0.15) is 29.3 Å². The lowest BCUT2D eigenvalue weighted by molar-refractivity contribution is -0.965. The van der Waals surface area contributed by atoms with Gasteiger partial charge in [-0.2, -0.15) is 18.6 Å². The fraction of sp³-hybridized carbons (Fsp3) is 0.435. The van der Waals surface area contributed by atoms with Crippen molar-refractivity contribution < 1.29 is 56.3 Å². The van der Waals surface area contributed by atoms with E-state index < -0.39 is 99.6 Å². The van der Waals surface area contributed by atoms with Gasteiger partial charge in [-0.15, -0.1) is 15.9 Å². The van der Waals surface area contributed by atoms with E-state index in [1.807, 2.05) is 20.8 Å². The molecule has 17 heteroatoms. The Morgan fingerprint density at radius 3 is 2.35 bits per heavy atom. The molecule has 4 fully saturated rings. The second-order valence-corrected chi connectivity index (χ2v) is 18.7. The Labute approximate surface area is 366 Å². The summed E-state index contributed by atoms with van der Waals surface area (Å²) in [6.07, 6.45) is -5.48. The molecule has 2 aliphatic carbocycles. The van der Waals surface area contributed by atoms with E-state index in [0.717, 1.165) is 12.1 Å². The van der Waals surface area contributed by atoms with Crippen molar-refractivity contribution in [3.05, 3.63) is 112 Å². The molecule has 63 heavy (non-hydrogen) atoms. The van der Waals surface area contributed by atoms with Crippen molar-refractivity contribution in [3.8, 4) is 11.5 Å². The van der Waals surface area contributed by atoms with Gasteiger partial charge in [-0.25, -0.2) is 14.6 Å². The van der Waals surface area contributed by atoms with E-state index in [4.69, 9.17) is 9.47 Å². The van der Waals surface area contributed by atoms with E-state index in [9.17, 15) is 27.9 Å². The minimum Gasteiger partial charge on any atom is -0.508 e. The van der Waals surface area contributed by atoms with E-state index in [-0.39, 0.29) is 35.2 Å². The van der Waals surface area contributed by atoms with E-state index in [2.05, 4.69) is 10.4 Å². The third kappa shape index (κ3) is 6.85. The van der Waals surface area contributed by atoms with Gasteiger partial charge in [0, 0.05) is 11.3 Å². The number of aromatic nitrogens is 1. The van der Waals surface area contributed by atoms with Crippen LogP contribution in [0.1, 0.15) is 106 Å². The number of hydrogen-bond donors (Lipinski definition) is 2. The van der Waals surface area contributed by atoms with Gasteiger partial charge in [0.2, 0.25) is 12.2 Å². The molecule has 332 valence electrons. The number of hydrogen-bond acceptors (Lipinski definition) is 10. The zero-order valence-corrected chi connectivity index (χ0v) is 36.5. The van der Waals surface area contributed by atoms with Gasteiger partial charge in [-0.3, -0.25) is 19.3 Å². The maximum absolute atomic E-state index is 15.7. The van der Waals surface area contributed by atoms with Crippen molar-refractivity contribution in [3.63, 3.8) is 0 Å². The lowest BCUT2D eigenvalue weighted by Crippen LogP contribution is -2.88. The van der Waals surface area contributed by atoms with Gasteiger partial charge in [-0.05, 0) is 82.5 Å². The van der Waals surface area contributed by atoms with Crippen LogP contribution < -0.4 is 10.2 Å². The molecule has 4 aliphatic rings. The SMILES string of the molecule is CCCCC1C(=O)N([C@@]23[C@@H]4C(c5cscn5)[C@]42C(=O)[N+]3(CC(=O)OC(C)(C)C)NC(=O)Cc2cccc(C(F)(F)F)c2)[C@H](c2ccc(O)cc2)N1C(=O)c1ccccc1OC(C)C. The molecule has 2 N–H and O–H groups in total. The van der Waals surface area contributed by atoms with Gasteiger partial charge in [0.05, 0.1) is 40.8 Å². The average molecular weight is 889 g/mol. The molecule has 7 atom stereocenters. The van der Waals surface area contributed by atoms with E-state index in [1.165, 1.54) is 45.4 Å². The van der Waals surface area contributed by atoms with Crippen molar-refractivity contribution in [1.29, 1.82) is 0 Å². The maximum Gasteiger partial charge on any atom is 0.416 e. The standard InChI is InChI=1S/C46H48F3N5O8S/c1-7-8-15-33-41(59)53(39(28-17-19-30(55)20-18-28)52(33)40(58)31-14-9-10-16-34(31)61-26(2)3)45-38-37(32-24-63-25-50-32)44(38,45)42(60)54(45,23-36(57)62-43(4,5)6)51-35(56)22-27-12-11-13-29(21-27)46(47,48)49/h9-14,16-21,24-26,33,37-39H,7-8,15,22-23H2,1-6H3,(H-,51,55,56)/p+1/t33?,37?,38-,39-,44-,45-,54?/m1/s1. The van der Waals surface area contributed by atoms with Gasteiger partial charge < -0.3 is 19.5 Å². The number of nitrogens with one attached hydrogen (secondary N) is 1. The first-order valence-electron chi connectivity index (χ1n) is 20.9. The molecule has 3 unspecified atom stereocenters. The summed E-state index contributed by atoms with van der Waals surface area (Å²) < 4.78 is 52.1. The fourth-order valence-corrected chi connectivity index (χ4v) is 10.8. The van der Waals surface area contributed by atoms with Crippen molar-refractivity contribution in [1.82, 2.24) is 20.2 Å². The molecule has 1 spiro atoms. The minimum atomic E-state index is -4.70. The lowest BCUT2D eigenvalue weighted by Gasteiger charge is -2.57. The van der Waals surface area contributed by atoms with Crippen LogP contribution in [0.4, 0.5) is 13.2 Å². The summed E-state index contributed by atoms with van der Waals surface area (Å²) in [5.41, 5.74) is 0.460. The van der Waals surface area contributed by atoms with Crippen LogP contribution in [-0.4, -0.2) is 84.0 Å². The Morgan fingerprint density at radius 1 is 1.02 bits per heavy atom. The Hall–Kier alpha value is -5.81. The van der Waals surface area contributed by atoms with E-state index in [1.54, 1.807) is 68.1 Å². The fourth-order valence-electron chi connectivity index (χ4n) is 10.2. The molecule has 0 bridgehead atoms. The highest BCUT2D eigenvalue weighted by atomic mass is 32.1. The molecule has 2 aliphatic heterocycles. The van der Waals surface area contributed by atoms with Crippen LogP contribution in [0.25, 0.3) is 0 Å². The molecule has 2 saturated heterocycles. The minimum absolute atomic E-state index is 0.00585. The number of aromatic hydroxyl groups is 1. The monoisotopic (exact) mass is 888 g/mol. The number of β-lactam (4-membered cyclic amide) rings is 1. The quantitative estimate of drug-likeness (QED) is 0.0756. The van der Waals surface area contributed by atoms with Gasteiger partial charge in [0.25, 0.3) is 17.7 Å². The van der Waals surface area contributed by atoms with Crippen molar-refractivity contribution >= 4 is 40.9 Å². The number of thiazole rings is 1. The number of esters is 1. The van der Waals surface area contributed by atoms with E-state index in [0.29, 0.717) is 24.1 Å². The van der Waals surface area contributed by atoms with Gasteiger partial charge in [-0.1, -0.05) is 62.2 Å². The Morgan fingerprint density at radius 2 is 1.73 bits per heavy atom. The predicted octanol–water partition coefficient (Wildman–Crippen LogP) is 7.28. The van der Waals surface area contributed by atoms with Crippen LogP contribution in [0, 0.1) is 11.3 Å². The average Bonchev–Trinajstić information content (AvgIpc) is 3.87. The number of fused-ring (bicyclic) bond motifs is 1. The summed E-state index contributed by atoms with van der Waals surface area (Å²) in [6, 6.07) is 15.8. The first-order chi connectivity index (χ1) is 29.7. The number of para-hydroxylation sites is 1. The Balaban J connectivity index is 1.32. The highest BCUT2D eigenvalue weighted by Crippen LogP contribution is 3.00. The molecule has 4 aromatic rings. The molecular weight excluding hydrogens is 840 g/mol. The summed E-state index contributed by atoms with van der Waals surface area (Å²) in [5.74, 6) is -4.50. The number of likely N-dealkylation sites (tertiary alicyclic amines) is 1. The maximum atomic E-state index is 15.7. The van der Waals surface area contributed by atoms with Gasteiger partial charge in [0.15, 0.2) is 5.41 Å². The Bertz CT molecular complexity index is 2480. The van der Waals surface area contributed by atoms with Crippen molar-refractivity contribution in [2.75, 3.05) is 6.54 Å². The molecule has 3 heterocycles. The summed E-state index contributed by atoms with van der Waals surface area (Å²) in [7, 11) is 0. The first kappa shape index (κ1) is 43.8. The first-order valence-corrected chi connectivity index (χ1v) is 21.9. The number of alkyl halides is 3. The zero-order chi connectivity index (χ0) is 45.4. The number of rotatable bonds is 14. The molecule has 13 nitrogen and oxygen atoms in total. The number of amides is 4. The number of carbonyl (C=O) groups is 5. The van der Waals surface area contributed by atoms with Crippen LogP contribution in [0.3, 0.4) is 0 Å². The highest BCUT2D eigenvalue weighted by molar-refractivity contribution is 7.07. The van der Waals surface area contributed by atoms with Crippen molar-refractivity contribution in [2.24, 2.45) is 11.3 Å². The largest absolute Gasteiger partial charge is 0.508 e. The number of halogens is 3. The van der Waals surface area contributed by atoms with Gasteiger partial charge >= 0.3 is 18.1 Å². The predicted molar refractivity (Wildman–Crippen MR) is 222 cm³/mol. The molecule has 1 aromatic heterocycles. The third-order valence-electron chi connectivity index (χ3n) is 12.4. The van der Waals surface area contributed by atoms with Crippen LogP contribution in [-0.2, 0) is 36.5 Å². The molecule has 3 aromatic carbocycles. The summed E-state index contributed by atoms with van der Waals surface area (Å²) in [6.45, 7) is 9.71. The molecule has 2 saturated carbocycles. The number of phenolic OH excluding ortho intramolecular Hbond substituents is 1. The zero-order valence-electron chi connectivity index (χ0n) is 35.6. The number of benzene rings is 3. The number of quaternary nitrogens is 1. The normalized spacial score (nSPS) is 27.1. The van der Waals surface area contributed by atoms with E-state index >= 15 is 14.4 Å². The molecule has 8 rings (SSSR count). The Kier molecular flexibility index (Phi) is 10.8. The topological polar surface area (TPSA) is 155 Å². The van der Waals surface area contributed by atoms with Crippen LogP contribution in [0.5, 0.6) is 11.5 Å². The molecule has 4 amide bonds. The number of nitrogens with zero attached hydrogens (tertiary/aromatic N) is 4. The number of phenols is 1. The van der Waals surface area contributed by atoms with Crippen LogP contribution in [0.2, 0.25) is 0 Å². The third-order valence-corrected chi connectivity index (χ3v) is 13.0. The number of carbonyl (C=O) groups excluding carboxylic acids is 5. The smallest absolute Gasteiger partial charge is 0.416 e. The summed E-state index contributed by atoms with van der Waals surface area (Å²) in [5, 5.41) is 12.3. The summed E-state index contributed by atoms with van der Waals surface area (Å²) in [4.78, 5) is 82.3.